The van der Waals surface area contributed by atoms with Gasteiger partial charge in [0.2, 0.25) is 0 Å². The summed E-state index contributed by atoms with van der Waals surface area (Å²) in [7, 11) is -1.73. The molecule has 0 unspecified atom stereocenters. The van der Waals surface area contributed by atoms with E-state index in [9.17, 15) is 4.79 Å². The minimum Gasteiger partial charge on any atom is -0.410 e. The van der Waals surface area contributed by atoms with Gasteiger partial charge in [0.05, 0.1) is 9.68 Å². The number of rotatable bonds is 2. The van der Waals surface area contributed by atoms with Crippen LogP contribution in [-0.2, 0) is 9.22 Å². The van der Waals surface area contributed by atoms with E-state index in [1.165, 1.54) is 0 Å². The monoisotopic (exact) mass is 338 g/mol. The van der Waals surface area contributed by atoms with E-state index >= 15 is 0 Å². The van der Waals surface area contributed by atoms with Gasteiger partial charge < -0.3 is 4.43 Å². The zero-order valence-electron chi connectivity index (χ0n) is 10.1. The largest absolute Gasteiger partial charge is 0.410 e. The van der Waals surface area contributed by atoms with Crippen LogP contribution in [-0.4, -0.2) is 20.2 Å². The predicted octanol–water partition coefficient (Wildman–Crippen LogP) is 3.67. The number of allylic oxidation sites excluding steroid dienone is 1. The normalized spacial score (nSPS) is 23.2. The molecule has 0 saturated carbocycles. The molecule has 0 bridgehead atoms. The van der Waals surface area contributed by atoms with E-state index in [-0.39, 0.29) is 16.9 Å². The summed E-state index contributed by atoms with van der Waals surface area (Å²) < 4.78 is 6.97. The van der Waals surface area contributed by atoms with E-state index in [1.807, 2.05) is 6.08 Å². The number of ketones is 1. The predicted molar refractivity (Wildman–Crippen MR) is 73.8 cm³/mol. The first-order valence-electron chi connectivity index (χ1n) is 5.22. The van der Waals surface area contributed by atoms with E-state index in [1.54, 1.807) is 0 Å². The Labute approximate surface area is 107 Å². The van der Waals surface area contributed by atoms with Crippen LogP contribution >= 0.6 is 22.6 Å². The molecule has 0 amide bonds. The molecule has 1 aliphatic carbocycles. The summed E-state index contributed by atoms with van der Waals surface area (Å²) in [6.07, 6.45) is 2.51. The second-order valence-corrected chi connectivity index (χ2v) is 11.5. The fourth-order valence-electron chi connectivity index (χ4n) is 1.23. The summed E-state index contributed by atoms with van der Waals surface area (Å²) in [5, 5.41) is 0.206. The molecule has 0 radical (unpaired) electrons. The van der Waals surface area contributed by atoms with Crippen molar-refractivity contribution in [3.63, 3.8) is 0 Å². The SMILES string of the molecule is CC(C)(C)[Si](C)(C)O[C@@H]1C=C(I)C(=O)C1. The maximum atomic E-state index is 11.4. The lowest BCUT2D eigenvalue weighted by molar-refractivity contribution is -0.115. The first-order valence-corrected chi connectivity index (χ1v) is 9.20. The fourth-order valence-corrected chi connectivity index (χ4v) is 3.11. The molecule has 0 aromatic rings. The highest BCUT2D eigenvalue weighted by Gasteiger charge is 2.40. The number of carbonyl (C=O) groups excluding carboxylic acids is 1. The average Bonchev–Trinajstić information content (AvgIpc) is 2.27. The molecular formula is C11H19IO2Si. The highest BCUT2D eigenvalue weighted by Crippen LogP contribution is 2.39. The van der Waals surface area contributed by atoms with Crippen molar-refractivity contribution in [3.8, 4) is 0 Å². The Kier molecular flexibility index (Phi) is 3.83. The lowest BCUT2D eigenvalue weighted by Crippen LogP contribution is -2.43. The van der Waals surface area contributed by atoms with Gasteiger partial charge in [-0.1, -0.05) is 20.8 Å². The summed E-state index contributed by atoms with van der Waals surface area (Å²) in [4.78, 5) is 11.4. The van der Waals surface area contributed by atoms with Gasteiger partial charge in [0.1, 0.15) is 0 Å². The minimum atomic E-state index is -1.73. The number of hydrogen-bond acceptors (Lipinski definition) is 2. The summed E-state index contributed by atoms with van der Waals surface area (Å²) in [5.41, 5.74) is 0. The molecule has 4 heteroatoms. The topological polar surface area (TPSA) is 26.3 Å². The van der Waals surface area contributed by atoms with Crippen LogP contribution in [0.25, 0.3) is 0 Å². The molecule has 0 N–H and O–H groups in total. The van der Waals surface area contributed by atoms with Crippen molar-refractivity contribution in [1.82, 2.24) is 0 Å². The maximum absolute atomic E-state index is 11.4. The Hall–Kier alpha value is 0.317. The zero-order valence-corrected chi connectivity index (χ0v) is 13.2. The highest BCUT2D eigenvalue weighted by atomic mass is 127. The molecule has 1 aliphatic rings. The lowest BCUT2D eigenvalue weighted by atomic mass is 10.2. The minimum absolute atomic E-state index is 0.0188. The number of halogens is 1. The van der Waals surface area contributed by atoms with Gasteiger partial charge in [0, 0.05) is 6.42 Å². The molecule has 86 valence electrons. The van der Waals surface area contributed by atoms with Crippen molar-refractivity contribution in [3.05, 3.63) is 9.66 Å². The van der Waals surface area contributed by atoms with Crippen LogP contribution in [0.1, 0.15) is 27.2 Å². The molecule has 0 heterocycles. The lowest BCUT2D eigenvalue weighted by Gasteiger charge is -2.37. The van der Waals surface area contributed by atoms with E-state index in [0.29, 0.717) is 6.42 Å². The first kappa shape index (κ1) is 13.4. The van der Waals surface area contributed by atoms with Crippen LogP contribution in [0.3, 0.4) is 0 Å². The molecule has 0 saturated heterocycles. The molecule has 0 spiro atoms. The molecule has 0 fully saturated rings. The van der Waals surface area contributed by atoms with Gasteiger partial charge in [-0.2, -0.15) is 0 Å². The second kappa shape index (κ2) is 4.29. The Balaban J connectivity index is 2.69. The molecule has 0 aliphatic heterocycles. The van der Waals surface area contributed by atoms with Gasteiger partial charge in [-0.25, -0.2) is 0 Å². The van der Waals surface area contributed by atoms with Gasteiger partial charge in [0.15, 0.2) is 14.1 Å². The summed E-state index contributed by atoms with van der Waals surface area (Å²) in [6.45, 7) is 11.1. The van der Waals surface area contributed by atoms with Gasteiger partial charge in [-0.05, 0) is 46.8 Å². The smallest absolute Gasteiger partial charge is 0.192 e. The van der Waals surface area contributed by atoms with Crippen LogP contribution in [0.4, 0.5) is 0 Å². The van der Waals surface area contributed by atoms with Crippen LogP contribution in [0.15, 0.2) is 9.66 Å². The number of hydrogen-bond donors (Lipinski definition) is 0. The molecule has 1 atom stereocenters. The number of carbonyl (C=O) groups is 1. The highest BCUT2D eigenvalue weighted by molar-refractivity contribution is 14.1. The van der Waals surface area contributed by atoms with E-state index in [4.69, 9.17) is 4.43 Å². The average molecular weight is 338 g/mol. The van der Waals surface area contributed by atoms with Gasteiger partial charge in [-0.15, -0.1) is 0 Å². The van der Waals surface area contributed by atoms with E-state index in [0.717, 1.165) is 3.58 Å². The van der Waals surface area contributed by atoms with Gasteiger partial charge in [0.25, 0.3) is 0 Å². The van der Waals surface area contributed by atoms with Crippen molar-refractivity contribution < 1.29 is 9.22 Å². The quantitative estimate of drug-likeness (QED) is 0.567. The zero-order chi connectivity index (χ0) is 11.9. The Morgan fingerprint density at radius 2 is 2.00 bits per heavy atom. The van der Waals surface area contributed by atoms with Crippen molar-refractivity contribution in [1.29, 1.82) is 0 Å². The van der Waals surface area contributed by atoms with Gasteiger partial charge in [-0.3, -0.25) is 4.79 Å². The first-order chi connectivity index (χ1) is 6.63. The van der Waals surface area contributed by atoms with Gasteiger partial charge >= 0.3 is 0 Å². The Bertz CT molecular complexity index is 302. The van der Waals surface area contributed by atoms with Crippen LogP contribution < -0.4 is 0 Å². The van der Waals surface area contributed by atoms with Crippen LogP contribution in [0.2, 0.25) is 18.1 Å². The molecule has 0 aromatic heterocycles. The molecule has 0 aromatic carbocycles. The third-order valence-electron chi connectivity index (χ3n) is 3.24. The van der Waals surface area contributed by atoms with E-state index in [2.05, 4.69) is 56.5 Å². The second-order valence-electron chi connectivity index (χ2n) is 5.56. The molecule has 15 heavy (non-hydrogen) atoms. The Morgan fingerprint density at radius 1 is 1.47 bits per heavy atom. The third-order valence-corrected chi connectivity index (χ3v) is 8.70. The Morgan fingerprint density at radius 3 is 2.33 bits per heavy atom. The van der Waals surface area contributed by atoms with Crippen molar-refractivity contribution in [2.24, 2.45) is 0 Å². The fraction of sp³-hybridized carbons (Fsp3) is 0.727. The standard InChI is InChI=1S/C11H19IO2Si/c1-11(2,3)15(4,5)14-8-6-9(12)10(13)7-8/h6,8H,7H2,1-5H3/t8-/m1/s1. The number of Topliss-reactive ketones (excluding diaryl/α,β-unsaturated/α-hetero) is 1. The van der Waals surface area contributed by atoms with E-state index < -0.39 is 8.32 Å². The van der Waals surface area contributed by atoms with Crippen LogP contribution in [0, 0.1) is 0 Å². The summed E-state index contributed by atoms with van der Waals surface area (Å²) >= 11 is 2.09. The molecular weight excluding hydrogens is 319 g/mol. The third kappa shape index (κ3) is 3.14. The van der Waals surface area contributed by atoms with Crippen molar-refractivity contribution in [2.75, 3.05) is 0 Å². The van der Waals surface area contributed by atoms with Crippen LogP contribution in [0.5, 0.6) is 0 Å². The summed E-state index contributed by atoms with van der Waals surface area (Å²) in [5.74, 6) is 0.222. The van der Waals surface area contributed by atoms with Crippen molar-refractivity contribution in [2.45, 2.75) is 51.4 Å². The summed E-state index contributed by atoms with van der Waals surface area (Å²) in [6, 6.07) is 0. The molecule has 2 nitrogen and oxygen atoms in total. The maximum Gasteiger partial charge on any atom is 0.192 e. The molecule has 1 rings (SSSR count). The van der Waals surface area contributed by atoms with Crippen molar-refractivity contribution >= 4 is 36.7 Å².